The third-order valence-corrected chi connectivity index (χ3v) is 9.18. The first kappa shape index (κ1) is 46.7. The van der Waals surface area contributed by atoms with Crippen LogP contribution >= 0.6 is 7.81 Å². The molecule has 2 aliphatic rings. The van der Waals surface area contributed by atoms with Crippen LogP contribution in [0.1, 0.15) is 104 Å². The van der Waals surface area contributed by atoms with Crippen LogP contribution in [0, 0.1) is 59.2 Å². The summed E-state index contributed by atoms with van der Waals surface area (Å²) >= 11 is 0. The number of nitrogens with zero attached hydrogens (tertiary/aromatic N) is 2. The Morgan fingerprint density at radius 2 is 0.667 bits per heavy atom. The Morgan fingerprint density at radius 1 is 0.513 bits per heavy atom. The molecule has 0 heterocycles. The number of hydrogen-bond acceptors (Lipinski definition) is 1. The maximum absolute atomic E-state index is 10.7. The zero-order valence-corrected chi connectivity index (χ0v) is 31.1. The average Bonchev–Trinajstić information content (AvgIpc) is 2.95. The first-order chi connectivity index (χ1) is 16.1. The largest absolute Gasteiger partial charge is 2.00 e. The molecule has 2 saturated carbocycles. The fourth-order valence-electron chi connectivity index (χ4n) is 5.57. The van der Waals surface area contributed by atoms with Crippen molar-refractivity contribution in [3.63, 3.8) is 0 Å². The Hall–Kier alpha value is 0.727. The van der Waals surface area contributed by atoms with E-state index in [0.29, 0.717) is 12.1 Å². The molecule has 0 atom stereocenters. The van der Waals surface area contributed by atoms with Gasteiger partial charge in [0, 0.05) is 0 Å². The van der Waals surface area contributed by atoms with E-state index in [0.717, 1.165) is 65.0 Å². The second kappa shape index (κ2) is 17.1. The van der Waals surface area contributed by atoms with Crippen molar-refractivity contribution in [2.45, 2.75) is 116 Å². The molecule has 0 unspecified atom stereocenters. The van der Waals surface area contributed by atoms with E-state index in [1.807, 2.05) is 6.92 Å². The van der Waals surface area contributed by atoms with Crippen LogP contribution in [-0.2, 0) is 39.0 Å². The van der Waals surface area contributed by atoms with Gasteiger partial charge >= 0.3 is 71.9 Å². The molecule has 0 bridgehead atoms. The number of hydrogen-bond donors (Lipinski definition) is 0. The van der Waals surface area contributed by atoms with E-state index in [2.05, 4.69) is 107 Å². The van der Waals surface area contributed by atoms with Crippen LogP contribution in [0.25, 0.3) is 5.32 Å². The van der Waals surface area contributed by atoms with Crippen molar-refractivity contribution in [2.24, 2.45) is 64.2 Å². The number of amidine groups is 1. The van der Waals surface area contributed by atoms with Crippen molar-refractivity contribution >= 4 is 13.6 Å². The predicted octanol–water partition coefficient (Wildman–Crippen LogP) is 12.3. The minimum absolute atomic E-state index is 0. The van der Waals surface area contributed by atoms with Crippen LogP contribution < -0.4 is 0 Å². The van der Waals surface area contributed by atoms with Gasteiger partial charge in [-0.1, -0.05) is 103 Å². The molecule has 0 aromatic carbocycles. The summed E-state index contributed by atoms with van der Waals surface area (Å²) in [5.74, 6) is 10.3. The summed E-state index contributed by atoms with van der Waals surface area (Å²) in [6.07, 6.45) is 0. The summed E-state index contributed by atoms with van der Waals surface area (Å²) in [5, 5.41) is 4.27. The third-order valence-electron chi connectivity index (χ3n) is 9.18. The smallest absolute Gasteiger partial charge is 2.00 e. The Labute approximate surface area is 262 Å². The summed E-state index contributed by atoms with van der Waals surface area (Å²) in [6.45, 7) is 34.1. The Balaban J connectivity index is -0.000000208. The molecule has 39 heavy (non-hydrogen) atoms. The molecule has 0 aliphatic heterocycles. The number of aliphatic imine (C=N–C) groups is 1. The predicted molar refractivity (Wildman–Crippen MR) is 152 cm³/mol. The minimum Gasteiger partial charge on any atom is 2.00 e. The molecule has 0 radical (unpaired) electrons. The molecule has 0 spiro atoms. The third kappa shape index (κ3) is 22.0. The van der Waals surface area contributed by atoms with Gasteiger partial charge in [-0.15, -0.1) is 0 Å². The molecule has 0 saturated heterocycles. The maximum atomic E-state index is 9.87. The van der Waals surface area contributed by atoms with Crippen molar-refractivity contribution in [3.8, 4) is 0 Å². The van der Waals surface area contributed by atoms with Crippen LogP contribution in [0.2, 0.25) is 0 Å². The van der Waals surface area contributed by atoms with Crippen LogP contribution in [0.3, 0.4) is 0 Å². The van der Waals surface area contributed by atoms with Gasteiger partial charge in [0.25, 0.3) is 0 Å². The summed E-state index contributed by atoms with van der Waals surface area (Å²) in [7, 11) is -10.7. The van der Waals surface area contributed by atoms with E-state index >= 15 is 0 Å². The molecule has 2 nitrogen and oxygen atoms in total. The topological polar surface area (TPSA) is 26.5 Å². The van der Waals surface area contributed by atoms with E-state index in [9.17, 15) is 25.2 Å². The van der Waals surface area contributed by atoms with E-state index in [1.54, 1.807) is 0 Å². The van der Waals surface area contributed by atoms with Crippen LogP contribution in [-0.4, -0.2) is 17.9 Å². The zero-order chi connectivity index (χ0) is 30.3. The fourth-order valence-corrected chi connectivity index (χ4v) is 5.57. The van der Waals surface area contributed by atoms with Gasteiger partial charge in [-0.05, 0) is 78.2 Å². The van der Waals surface area contributed by atoms with Gasteiger partial charge in [-0.3, -0.25) is 0 Å². The van der Waals surface area contributed by atoms with Crippen molar-refractivity contribution in [2.75, 3.05) is 0 Å². The van der Waals surface area contributed by atoms with Gasteiger partial charge in [-0.25, -0.2) is 0 Å². The van der Waals surface area contributed by atoms with Crippen molar-refractivity contribution in [3.05, 3.63) is 5.32 Å². The molecule has 240 valence electrons. The zero-order valence-electron chi connectivity index (χ0n) is 26.7. The molecule has 0 amide bonds. The van der Waals surface area contributed by atoms with Crippen molar-refractivity contribution in [1.82, 2.24) is 0 Å². The molecule has 2 fully saturated rings. The molecule has 0 aromatic rings. The normalized spacial score (nSPS) is 35.9. The molecule has 2 aliphatic carbocycles. The van der Waals surface area contributed by atoms with Crippen molar-refractivity contribution < 1.29 is 64.1 Å². The SMILES string of the molecule is CC(=NC(C)C)[N-]C(C)C.CC1C(C)C(C)C(C)C1C.CC1C(C)C(C)C(C)C1C.F[P-](F)(F)(F)(F)F.[Ru+2].[Ru+2]. The van der Waals surface area contributed by atoms with Gasteiger partial charge in [0.2, 0.25) is 0 Å². The first-order valence-electron chi connectivity index (χ1n) is 13.9. The van der Waals surface area contributed by atoms with Gasteiger partial charge in [0.1, 0.15) is 0 Å². The quantitative estimate of drug-likeness (QED) is 0.0879. The van der Waals surface area contributed by atoms with E-state index in [4.69, 9.17) is 0 Å². The summed E-state index contributed by atoms with van der Waals surface area (Å²) in [4.78, 5) is 4.27. The summed E-state index contributed by atoms with van der Waals surface area (Å²) < 4.78 is 59.2. The Kier molecular flexibility index (Phi) is 20.5. The Morgan fingerprint density at radius 3 is 0.769 bits per heavy atom. The fraction of sp³-hybridized carbons (Fsp3) is 0.964. The number of halogens is 6. The van der Waals surface area contributed by atoms with Crippen LogP contribution in [0.15, 0.2) is 4.99 Å². The second-order valence-electron chi connectivity index (χ2n) is 12.5. The molecular weight excluding hydrogens is 711 g/mol. The van der Waals surface area contributed by atoms with Crippen LogP contribution in [0.4, 0.5) is 25.2 Å². The summed E-state index contributed by atoms with van der Waals surface area (Å²) in [6, 6.07) is 0.727. The minimum atomic E-state index is -10.7. The number of rotatable bonds is 2. The van der Waals surface area contributed by atoms with Gasteiger partial charge in [0.15, 0.2) is 0 Å². The monoisotopic (exact) mass is 770 g/mol. The van der Waals surface area contributed by atoms with E-state index in [-0.39, 0.29) is 39.0 Å². The molecular formula is C28H57F6N2PRu2+2. The average molecular weight is 769 g/mol. The molecule has 0 aromatic heterocycles. The van der Waals surface area contributed by atoms with E-state index < -0.39 is 7.81 Å². The second-order valence-corrected chi connectivity index (χ2v) is 14.5. The molecule has 2 rings (SSSR count). The standard InChI is InChI=1S/2C10H20.C8H17N2.F6P.2Ru/c2*1-6-7(2)9(4)10(5)8(6)3;1-6(2)9-8(5)10-7(3)4;1-7(2,3,4,5)6;;/h2*6-10H,1-5H3;6-7H,1-5H3;;;/q;;2*-1;2*+2. The van der Waals surface area contributed by atoms with Gasteiger partial charge in [-0.2, -0.15) is 0 Å². The van der Waals surface area contributed by atoms with Crippen molar-refractivity contribution in [1.29, 1.82) is 0 Å². The maximum Gasteiger partial charge on any atom is 2.00 e. The van der Waals surface area contributed by atoms with Crippen LogP contribution in [0.5, 0.6) is 0 Å². The van der Waals surface area contributed by atoms with Gasteiger partial charge < -0.3 is 10.3 Å². The Bertz CT molecular complexity index is 573. The molecule has 0 N–H and O–H groups in total. The van der Waals surface area contributed by atoms with Gasteiger partial charge in [0.05, 0.1) is 0 Å². The summed E-state index contributed by atoms with van der Waals surface area (Å²) in [5.41, 5.74) is 0. The first-order valence-corrected chi connectivity index (χ1v) is 15.9. The van der Waals surface area contributed by atoms with E-state index in [1.165, 1.54) is 0 Å². The molecule has 11 heteroatoms.